The topological polar surface area (TPSA) is 32.7 Å². The Morgan fingerprint density at radius 1 is 1.15 bits per heavy atom. The van der Waals surface area contributed by atoms with Crippen molar-refractivity contribution in [2.45, 2.75) is 33.6 Å². The number of ketones is 1. The zero-order valence-electron chi connectivity index (χ0n) is 15.8. The van der Waals surface area contributed by atoms with E-state index in [4.69, 9.17) is 4.99 Å². The van der Waals surface area contributed by atoms with Crippen molar-refractivity contribution in [3.05, 3.63) is 64.7 Å². The number of carbonyl (C=O) groups is 1. The molecule has 0 aliphatic carbocycles. The predicted octanol–water partition coefficient (Wildman–Crippen LogP) is 5.05. The van der Waals surface area contributed by atoms with Gasteiger partial charge in [0.15, 0.2) is 11.0 Å². The highest BCUT2D eigenvalue weighted by Gasteiger charge is 2.22. The summed E-state index contributed by atoms with van der Waals surface area (Å²) in [7, 11) is 0. The van der Waals surface area contributed by atoms with Crippen LogP contribution in [0, 0.1) is 13.8 Å². The number of hydrogen-bond donors (Lipinski definition) is 0. The first kappa shape index (κ1) is 18.7. The molecule has 2 aromatic carbocycles. The van der Waals surface area contributed by atoms with Crippen molar-refractivity contribution >= 4 is 28.4 Å². The normalized spacial score (nSPS) is 14.0. The fourth-order valence-corrected chi connectivity index (χ4v) is 4.00. The Balaban J connectivity index is 1.91. The van der Waals surface area contributed by atoms with Crippen LogP contribution in [0.1, 0.15) is 40.4 Å². The maximum absolute atomic E-state index is 13.0. The number of Topliss-reactive ketones (excluding diaryl/α,β-unsaturated/α-hetero) is 1. The number of anilines is 1. The molecule has 0 amide bonds. The number of aryl methyl sites for hydroxylation is 3. The first-order valence-corrected chi connectivity index (χ1v) is 10.2. The van der Waals surface area contributed by atoms with E-state index < -0.39 is 0 Å². The third kappa shape index (κ3) is 4.36. The largest absolute Gasteiger partial charge is 0.313 e. The second-order valence-electron chi connectivity index (χ2n) is 6.72. The summed E-state index contributed by atoms with van der Waals surface area (Å²) in [6.07, 6.45) is 2.08. The van der Waals surface area contributed by atoms with Crippen LogP contribution in [-0.4, -0.2) is 29.8 Å². The number of benzene rings is 2. The number of carbonyl (C=O) groups excluding carboxylic acids is 1. The van der Waals surface area contributed by atoms with Crippen molar-refractivity contribution in [2.75, 3.05) is 23.7 Å². The zero-order chi connectivity index (χ0) is 18.5. The summed E-state index contributed by atoms with van der Waals surface area (Å²) in [6.45, 7) is 7.46. The van der Waals surface area contributed by atoms with Crippen LogP contribution in [0.15, 0.2) is 47.5 Å². The van der Waals surface area contributed by atoms with Gasteiger partial charge in [-0.05, 0) is 49.4 Å². The van der Waals surface area contributed by atoms with Gasteiger partial charge in [0.25, 0.3) is 0 Å². The van der Waals surface area contributed by atoms with Gasteiger partial charge in [-0.3, -0.25) is 9.79 Å². The number of thioether (sulfide) groups is 1. The second kappa shape index (κ2) is 8.54. The van der Waals surface area contributed by atoms with E-state index in [0.717, 1.165) is 41.6 Å². The lowest BCUT2D eigenvalue weighted by atomic mass is 10.1. The van der Waals surface area contributed by atoms with Gasteiger partial charge in [-0.25, -0.2) is 0 Å². The third-order valence-corrected chi connectivity index (χ3v) is 5.75. The molecule has 0 atom stereocenters. The van der Waals surface area contributed by atoms with Crippen molar-refractivity contribution in [1.82, 2.24) is 0 Å². The Labute approximate surface area is 160 Å². The van der Waals surface area contributed by atoms with E-state index in [1.54, 1.807) is 11.8 Å². The van der Waals surface area contributed by atoms with Gasteiger partial charge in [-0.1, -0.05) is 55.1 Å². The van der Waals surface area contributed by atoms with Crippen LogP contribution in [0.2, 0.25) is 0 Å². The maximum atomic E-state index is 13.0. The highest BCUT2D eigenvalue weighted by atomic mass is 32.2. The van der Waals surface area contributed by atoms with Crippen molar-refractivity contribution in [1.29, 1.82) is 0 Å². The summed E-state index contributed by atoms with van der Waals surface area (Å²) in [5, 5.41) is 0.962. The monoisotopic (exact) mass is 366 g/mol. The first-order chi connectivity index (χ1) is 12.6. The lowest BCUT2D eigenvalue weighted by Gasteiger charge is -2.28. The molecule has 0 radical (unpaired) electrons. The summed E-state index contributed by atoms with van der Waals surface area (Å²) >= 11 is 1.75. The number of amidine groups is 1. The summed E-state index contributed by atoms with van der Waals surface area (Å²) in [5.74, 6) is 1.18. The van der Waals surface area contributed by atoms with Crippen molar-refractivity contribution < 1.29 is 4.79 Å². The molecule has 26 heavy (non-hydrogen) atoms. The molecule has 3 rings (SSSR count). The molecule has 2 aromatic rings. The number of hydrogen-bond acceptors (Lipinski definition) is 4. The summed E-state index contributed by atoms with van der Waals surface area (Å²) in [4.78, 5) is 19.8. The van der Waals surface area contributed by atoms with Gasteiger partial charge < -0.3 is 4.90 Å². The van der Waals surface area contributed by atoms with Crippen molar-refractivity contribution in [3.8, 4) is 0 Å². The summed E-state index contributed by atoms with van der Waals surface area (Å²) in [5.41, 5.74) is 5.45. The molecule has 0 unspecified atom stereocenters. The van der Waals surface area contributed by atoms with E-state index in [2.05, 4.69) is 43.9 Å². The Morgan fingerprint density at radius 2 is 1.92 bits per heavy atom. The predicted molar refractivity (Wildman–Crippen MR) is 113 cm³/mol. The number of aliphatic imine (C=N–C) groups is 1. The number of rotatable bonds is 5. The highest BCUT2D eigenvalue weighted by molar-refractivity contribution is 8.14. The quantitative estimate of drug-likeness (QED) is 0.694. The van der Waals surface area contributed by atoms with Gasteiger partial charge in [0.2, 0.25) is 0 Å². The van der Waals surface area contributed by atoms with E-state index in [1.165, 1.54) is 16.7 Å². The van der Waals surface area contributed by atoms with Crippen LogP contribution in [0.25, 0.3) is 0 Å². The van der Waals surface area contributed by atoms with E-state index in [9.17, 15) is 4.79 Å². The molecule has 0 saturated heterocycles. The number of nitrogens with zero attached hydrogens (tertiary/aromatic N) is 2. The molecule has 136 valence electrons. The summed E-state index contributed by atoms with van der Waals surface area (Å²) in [6, 6.07) is 14.4. The molecule has 0 bridgehead atoms. The minimum atomic E-state index is 0.127. The van der Waals surface area contributed by atoms with Crippen LogP contribution >= 0.6 is 11.8 Å². The average Bonchev–Trinajstić information content (AvgIpc) is 2.68. The SMILES string of the molecule is CCc1ccc(C(=O)CN(C2=NCCCS2)c2cc(C)ccc2C)cc1. The molecular formula is C22H26N2OS. The van der Waals surface area contributed by atoms with E-state index in [1.807, 2.05) is 24.3 Å². The van der Waals surface area contributed by atoms with Gasteiger partial charge >= 0.3 is 0 Å². The minimum Gasteiger partial charge on any atom is -0.313 e. The van der Waals surface area contributed by atoms with Crippen LogP contribution in [-0.2, 0) is 6.42 Å². The lowest BCUT2D eigenvalue weighted by molar-refractivity contribution is 0.100. The molecule has 3 nitrogen and oxygen atoms in total. The molecule has 0 aromatic heterocycles. The molecule has 0 fully saturated rings. The smallest absolute Gasteiger partial charge is 0.182 e. The fourth-order valence-electron chi connectivity index (χ4n) is 3.04. The van der Waals surface area contributed by atoms with Crippen LogP contribution in [0.5, 0.6) is 0 Å². The Kier molecular flexibility index (Phi) is 6.15. The van der Waals surface area contributed by atoms with Gasteiger partial charge in [-0.2, -0.15) is 0 Å². The van der Waals surface area contributed by atoms with Crippen LogP contribution in [0.3, 0.4) is 0 Å². The lowest BCUT2D eigenvalue weighted by Crippen LogP contribution is -2.36. The molecule has 4 heteroatoms. The molecule has 1 aliphatic rings. The molecule has 0 saturated carbocycles. The average molecular weight is 367 g/mol. The van der Waals surface area contributed by atoms with E-state index in [0.29, 0.717) is 6.54 Å². The van der Waals surface area contributed by atoms with Gasteiger partial charge in [0.05, 0.1) is 6.54 Å². The Bertz CT molecular complexity index is 811. The highest BCUT2D eigenvalue weighted by Crippen LogP contribution is 2.27. The summed E-state index contributed by atoms with van der Waals surface area (Å²) < 4.78 is 0. The molecule has 0 N–H and O–H groups in total. The van der Waals surface area contributed by atoms with Crippen molar-refractivity contribution in [2.24, 2.45) is 4.99 Å². The molecular weight excluding hydrogens is 340 g/mol. The van der Waals surface area contributed by atoms with E-state index >= 15 is 0 Å². The fraction of sp³-hybridized carbons (Fsp3) is 0.364. The minimum absolute atomic E-state index is 0.127. The maximum Gasteiger partial charge on any atom is 0.182 e. The van der Waals surface area contributed by atoms with E-state index in [-0.39, 0.29) is 5.78 Å². The van der Waals surface area contributed by atoms with Gasteiger partial charge in [0.1, 0.15) is 0 Å². The van der Waals surface area contributed by atoms with Crippen LogP contribution in [0.4, 0.5) is 5.69 Å². The molecule has 0 spiro atoms. The molecule has 1 aliphatic heterocycles. The third-order valence-electron chi connectivity index (χ3n) is 4.65. The van der Waals surface area contributed by atoms with Gasteiger partial charge in [0, 0.05) is 23.5 Å². The first-order valence-electron chi connectivity index (χ1n) is 9.22. The Morgan fingerprint density at radius 3 is 2.58 bits per heavy atom. The zero-order valence-corrected chi connectivity index (χ0v) is 16.6. The van der Waals surface area contributed by atoms with Gasteiger partial charge in [-0.15, -0.1) is 0 Å². The molecule has 1 heterocycles. The second-order valence-corrected chi connectivity index (χ2v) is 7.78. The van der Waals surface area contributed by atoms with Crippen LogP contribution < -0.4 is 4.90 Å². The Hall–Kier alpha value is -2.07. The standard InChI is InChI=1S/C22H26N2OS/c1-4-18-8-10-19(11-9-18)21(25)15-24(22-23-12-5-13-26-22)20-14-16(2)6-7-17(20)3/h6-11,14H,4-5,12-13,15H2,1-3H3. The van der Waals surface area contributed by atoms with Crippen molar-refractivity contribution in [3.63, 3.8) is 0 Å².